The van der Waals surface area contributed by atoms with Gasteiger partial charge in [0.05, 0.1) is 24.0 Å². The quantitative estimate of drug-likeness (QED) is 0.583. The van der Waals surface area contributed by atoms with Crippen molar-refractivity contribution in [3.63, 3.8) is 0 Å². The van der Waals surface area contributed by atoms with Gasteiger partial charge in [-0.3, -0.25) is 4.79 Å². The van der Waals surface area contributed by atoms with E-state index in [1.807, 2.05) is 24.0 Å². The molecule has 1 amide bonds. The highest BCUT2D eigenvalue weighted by molar-refractivity contribution is 7.22. The second-order valence-electron chi connectivity index (χ2n) is 6.88. The van der Waals surface area contributed by atoms with Crippen LogP contribution in [-0.2, 0) is 4.74 Å². The smallest absolute Gasteiger partial charge is 0.337 e. The van der Waals surface area contributed by atoms with Crippen LogP contribution in [0.4, 0.5) is 5.13 Å². The number of amides is 1. The standard InChI is InChI=1S/C22H23N3O4S/c1-3-29-17-5-4-6-18-19(17)23-22(30-18)25-13-11-24(12-14-25)20(26)15-7-9-16(10-8-15)21(27)28-2/h4-10H,3,11-14H2,1-2H3. The third kappa shape index (κ3) is 3.95. The van der Waals surface area contributed by atoms with Gasteiger partial charge in [-0.25, -0.2) is 9.78 Å². The van der Waals surface area contributed by atoms with E-state index >= 15 is 0 Å². The van der Waals surface area contributed by atoms with Gasteiger partial charge in [0.15, 0.2) is 5.13 Å². The van der Waals surface area contributed by atoms with Gasteiger partial charge in [-0.15, -0.1) is 0 Å². The second-order valence-corrected chi connectivity index (χ2v) is 7.89. The number of aromatic nitrogens is 1. The Balaban J connectivity index is 1.42. The summed E-state index contributed by atoms with van der Waals surface area (Å²) in [5.74, 6) is 0.363. The Morgan fingerprint density at radius 3 is 2.40 bits per heavy atom. The molecule has 156 valence electrons. The summed E-state index contributed by atoms with van der Waals surface area (Å²) >= 11 is 1.64. The Kier molecular flexibility index (Phi) is 5.85. The van der Waals surface area contributed by atoms with E-state index in [0.29, 0.717) is 30.8 Å². The maximum atomic E-state index is 12.8. The number of ether oxygens (including phenoxy) is 2. The number of carbonyl (C=O) groups is 2. The Morgan fingerprint density at radius 2 is 1.73 bits per heavy atom. The molecule has 0 atom stereocenters. The number of benzene rings is 2. The molecule has 1 saturated heterocycles. The topological polar surface area (TPSA) is 72.0 Å². The normalized spacial score (nSPS) is 14.1. The summed E-state index contributed by atoms with van der Waals surface area (Å²) in [5, 5.41) is 0.951. The van der Waals surface area contributed by atoms with Gasteiger partial charge in [0.25, 0.3) is 5.91 Å². The van der Waals surface area contributed by atoms with Crippen molar-refractivity contribution in [1.82, 2.24) is 9.88 Å². The molecule has 3 aromatic rings. The van der Waals surface area contributed by atoms with E-state index < -0.39 is 5.97 Å². The first-order chi connectivity index (χ1) is 14.6. The first-order valence-corrected chi connectivity index (χ1v) is 10.7. The zero-order valence-electron chi connectivity index (χ0n) is 17.0. The van der Waals surface area contributed by atoms with E-state index in [-0.39, 0.29) is 5.91 Å². The number of para-hydroxylation sites is 1. The van der Waals surface area contributed by atoms with Gasteiger partial charge in [-0.1, -0.05) is 17.4 Å². The lowest BCUT2D eigenvalue weighted by Crippen LogP contribution is -2.48. The number of esters is 1. The van der Waals surface area contributed by atoms with Crippen LogP contribution >= 0.6 is 11.3 Å². The third-order valence-corrected chi connectivity index (χ3v) is 6.14. The largest absolute Gasteiger partial charge is 0.492 e. The van der Waals surface area contributed by atoms with Crippen molar-refractivity contribution in [2.75, 3.05) is 44.8 Å². The lowest BCUT2D eigenvalue weighted by molar-refractivity contribution is 0.0599. The molecule has 1 aromatic heterocycles. The molecular formula is C22H23N3O4S. The Morgan fingerprint density at radius 1 is 1.03 bits per heavy atom. The van der Waals surface area contributed by atoms with E-state index in [0.717, 1.165) is 34.2 Å². The maximum absolute atomic E-state index is 12.8. The Bertz CT molecular complexity index is 1060. The summed E-state index contributed by atoms with van der Waals surface area (Å²) in [7, 11) is 1.34. The van der Waals surface area contributed by atoms with Crippen molar-refractivity contribution in [3.05, 3.63) is 53.6 Å². The maximum Gasteiger partial charge on any atom is 0.337 e. The summed E-state index contributed by atoms with van der Waals surface area (Å²) in [4.78, 5) is 33.2. The molecule has 4 rings (SSSR count). The summed E-state index contributed by atoms with van der Waals surface area (Å²) < 4.78 is 11.5. The molecule has 0 unspecified atom stereocenters. The van der Waals surface area contributed by atoms with Crippen LogP contribution in [0.1, 0.15) is 27.6 Å². The minimum atomic E-state index is -0.411. The first-order valence-electron chi connectivity index (χ1n) is 9.85. The monoisotopic (exact) mass is 425 g/mol. The molecule has 7 nitrogen and oxygen atoms in total. The van der Waals surface area contributed by atoms with E-state index in [1.165, 1.54) is 7.11 Å². The van der Waals surface area contributed by atoms with Crippen LogP contribution in [0, 0.1) is 0 Å². The zero-order valence-corrected chi connectivity index (χ0v) is 17.8. The first kappa shape index (κ1) is 20.2. The van der Waals surface area contributed by atoms with Crippen LogP contribution in [-0.4, -0.2) is 61.7 Å². The Hall–Kier alpha value is -3.13. The fourth-order valence-electron chi connectivity index (χ4n) is 3.47. The van der Waals surface area contributed by atoms with Gasteiger partial charge in [0, 0.05) is 31.7 Å². The molecule has 1 aliphatic rings. The highest BCUT2D eigenvalue weighted by atomic mass is 32.1. The minimum Gasteiger partial charge on any atom is -0.492 e. The zero-order chi connectivity index (χ0) is 21.1. The fraction of sp³-hybridized carbons (Fsp3) is 0.318. The number of rotatable bonds is 5. The van der Waals surface area contributed by atoms with Crippen LogP contribution in [0.15, 0.2) is 42.5 Å². The minimum absolute atomic E-state index is 0.0333. The average Bonchev–Trinajstić information content (AvgIpc) is 3.24. The molecule has 1 fully saturated rings. The predicted octanol–water partition coefficient (Wildman–Crippen LogP) is 3.44. The number of hydrogen-bond donors (Lipinski definition) is 0. The van der Waals surface area contributed by atoms with Crippen molar-refractivity contribution < 1.29 is 19.1 Å². The molecule has 2 heterocycles. The van der Waals surface area contributed by atoms with Gasteiger partial charge in [0.2, 0.25) is 0 Å². The van der Waals surface area contributed by atoms with Crippen LogP contribution in [0.3, 0.4) is 0 Å². The SMILES string of the molecule is CCOc1cccc2sc(N3CCN(C(=O)c4ccc(C(=O)OC)cc4)CC3)nc12. The number of piperazine rings is 1. The number of thiazole rings is 1. The van der Waals surface area contributed by atoms with Gasteiger partial charge >= 0.3 is 5.97 Å². The number of fused-ring (bicyclic) bond motifs is 1. The Labute approximate surface area is 178 Å². The van der Waals surface area contributed by atoms with Crippen molar-refractivity contribution in [1.29, 1.82) is 0 Å². The van der Waals surface area contributed by atoms with Crippen LogP contribution < -0.4 is 9.64 Å². The van der Waals surface area contributed by atoms with Crippen LogP contribution in [0.2, 0.25) is 0 Å². The molecular weight excluding hydrogens is 402 g/mol. The molecule has 0 radical (unpaired) electrons. The van der Waals surface area contributed by atoms with E-state index in [2.05, 4.69) is 11.0 Å². The molecule has 30 heavy (non-hydrogen) atoms. The summed E-state index contributed by atoms with van der Waals surface area (Å²) in [6.45, 7) is 5.24. The van der Waals surface area contributed by atoms with Gasteiger partial charge in [-0.2, -0.15) is 0 Å². The molecule has 2 aromatic carbocycles. The van der Waals surface area contributed by atoms with Crippen LogP contribution in [0.25, 0.3) is 10.2 Å². The molecule has 8 heteroatoms. The van der Waals surface area contributed by atoms with Crippen molar-refractivity contribution in [2.24, 2.45) is 0 Å². The molecule has 0 aliphatic carbocycles. The average molecular weight is 426 g/mol. The summed E-state index contributed by atoms with van der Waals surface area (Å²) in [5.41, 5.74) is 1.89. The lowest BCUT2D eigenvalue weighted by Gasteiger charge is -2.34. The number of carbonyl (C=O) groups excluding carboxylic acids is 2. The van der Waals surface area contributed by atoms with Crippen LogP contribution in [0.5, 0.6) is 5.75 Å². The lowest BCUT2D eigenvalue weighted by atomic mass is 10.1. The van der Waals surface area contributed by atoms with E-state index in [4.69, 9.17) is 14.5 Å². The highest BCUT2D eigenvalue weighted by Gasteiger charge is 2.24. The van der Waals surface area contributed by atoms with Gasteiger partial charge in [-0.05, 0) is 43.3 Å². The predicted molar refractivity (Wildman–Crippen MR) is 117 cm³/mol. The number of nitrogens with zero attached hydrogens (tertiary/aromatic N) is 3. The third-order valence-electron chi connectivity index (χ3n) is 5.06. The summed E-state index contributed by atoms with van der Waals surface area (Å²) in [6, 6.07) is 12.6. The van der Waals surface area contributed by atoms with Crippen molar-refractivity contribution >= 4 is 38.6 Å². The number of methoxy groups -OCH3 is 1. The fourth-order valence-corrected chi connectivity index (χ4v) is 4.50. The van der Waals surface area contributed by atoms with E-state index in [9.17, 15) is 9.59 Å². The number of hydrogen-bond acceptors (Lipinski definition) is 7. The molecule has 0 saturated carbocycles. The molecule has 1 aliphatic heterocycles. The number of anilines is 1. The highest BCUT2D eigenvalue weighted by Crippen LogP contribution is 2.34. The molecule has 0 spiro atoms. The van der Waals surface area contributed by atoms with Crippen molar-refractivity contribution in [3.8, 4) is 5.75 Å². The molecule has 0 N–H and O–H groups in total. The van der Waals surface area contributed by atoms with E-state index in [1.54, 1.807) is 35.6 Å². The molecule has 0 bridgehead atoms. The second kappa shape index (κ2) is 8.71. The summed E-state index contributed by atoms with van der Waals surface area (Å²) in [6.07, 6.45) is 0. The van der Waals surface area contributed by atoms with Gasteiger partial charge in [0.1, 0.15) is 11.3 Å². The van der Waals surface area contributed by atoms with Gasteiger partial charge < -0.3 is 19.3 Å². The van der Waals surface area contributed by atoms with Crippen molar-refractivity contribution in [2.45, 2.75) is 6.92 Å².